The molecule has 0 radical (unpaired) electrons. The zero-order valence-electron chi connectivity index (χ0n) is 12.9. The Hall–Kier alpha value is -2.04. The number of hydrogen-bond donors (Lipinski definition) is 1. The number of nitrogens with one attached hydrogen (secondary N) is 1. The summed E-state index contributed by atoms with van der Waals surface area (Å²) in [6, 6.07) is 9.58. The lowest BCUT2D eigenvalue weighted by atomic mass is 9.85. The minimum absolute atomic E-state index is 0.0105. The Labute approximate surface area is 131 Å². The minimum Gasteiger partial charge on any atom is -0.465 e. The summed E-state index contributed by atoms with van der Waals surface area (Å²) in [6.07, 6.45) is 3.61. The van der Waals surface area contributed by atoms with Crippen LogP contribution < -0.4 is 5.32 Å². The largest absolute Gasteiger partial charge is 0.465 e. The Morgan fingerprint density at radius 2 is 1.86 bits per heavy atom. The molecule has 1 aliphatic rings. The molecular weight excluding hydrogens is 282 g/mol. The second kappa shape index (κ2) is 8.41. The van der Waals surface area contributed by atoms with Crippen LogP contribution in [-0.2, 0) is 20.9 Å². The Balaban J connectivity index is 1.79. The Bertz CT molecular complexity index is 489. The van der Waals surface area contributed by atoms with Gasteiger partial charge in [0.2, 0.25) is 0 Å². The maximum atomic E-state index is 11.9. The second-order valence-electron chi connectivity index (χ2n) is 5.66. The van der Waals surface area contributed by atoms with Crippen molar-refractivity contribution in [1.29, 1.82) is 0 Å². The van der Waals surface area contributed by atoms with E-state index in [1.165, 1.54) is 6.92 Å². The maximum Gasteiger partial charge on any atom is 0.407 e. The molecule has 2 atom stereocenters. The molecule has 1 saturated carbocycles. The molecule has 0 spiro atoms. The van der Waals surface area contributed by atoms with Crippen molar-refractivity contribution in [2.45, 2.75) is 45.3 Å². The average Bonchev–Trinajstić information content (AvgIpc) is 2.53. The number of alkyl carbamates (subject to hydrolysis) is 1. The summed E-state index contributed by atoms with van der Waals surface area (Å²) in [4.78, 5) is 22.9. The number of esters is 1. The van der Waals surface area contributed by atoms with Crippen molar-refractivity contribution >= 4 is 12.1 Å². The van der Waals surface area contributed by atoms with E-state index < -0.39 is 6.09 Å². The summed E-state index contributed by atoms with van der Waals surface area (Å²) in [5.74, 6) is -0.113. The molecule has 1 amide bonds. The van der Waals surface area contributed by atoms with Crippen LogP contribution in [0.15, 0.2) is 30.3 Å². The second-order valence-corrected chi connectivity index (χ2v) is 5.66. The van der Waals surface area contributed by atoms with Crippen molar-refractivity contribution in [3.8, 4) is 0 Å². The smallest absolute Gasteiger partial charge is 0.407 e. The lowest BCUT2D eigenvalue weighted by Crippen LogP contribution is -2.44. The number of carbonyl (C=O) groups excluding carboxylic acids is 2. The number of rotatable bonds is 5. The monoisotopic (exact) mass is 305 g/mol. The van der Waals surface area contributed by atoms with Crippen LogP contribution in [0.3, 0.4) is 0 Å². The highest BCUT2D eigenvalue weighted by atomic mass is 16.5. The highest BCUT2D eigenvalue weighted by Crippen LogP contribution is 2.25. The van der Waals surface area contributed by atoms with Crippen molar-refractivity contribution in [3.63, 3.8) is 0 Å². The summed E-state index contributed by atoms with van der Waals surface area (Å²) in [5, 5.41) is 2.91. The molecule has 0 saturated heterocycles. The zero-order valence-corrected chi connectivity index (χ0v) is 12.9. The Morgan fingerprint density at radius 3 is 2.59 bits per heavy atom. The van der Waals surface area contributed by atoms with E-state index in [0.29, 0.717) is 6.61 Å². The van der Waals surface area contributed by atoms with Crippen LogP contribution in [0, 0.1) is 5.92 Å². The van der Waals surface area contributed by atoms with Crippen molar-refractivity contribution in [2.24, 2.45) is 5.92 Å². The van der Waals surface area contributed by atoms with E-state index in [2.05, 4.69) is 5.32 Å². The van der Waals surface area contributed by atoms with E-state index in [4.69, 9.17) is 9.47 Å². The van der Waals surface area contributed by atoms with Gasteiger partial charge in [-0.3, -0.25) is 4.79 Å². The van der Waals surface area contributed by atoms with Crippen LogP contribution in [0.1, 0.15) is 38.2 Å². The van der Waals surface area contributed by atoms with Gasteiger partial charge < -0.3 is 14.8 Å². The van der Waals surface area contributed by atoms with Gasteiger partial charge in [-0.05, 0) is 18.4 Å². The molecule has 1 N–H and O–H groups in total. The first-order valence-corrected chi connectivity index (χ1v) is 7.75. The zero-order chi connectivity index (χ0) is 15.8. The molecule has 1 aromatic carbocycles. The van der Waals surface area contributed by atoms with Gasteiger partial charge in [-0.15, -0.1) is 0 Å². The molecule has 0 unspecified atom stereocenters. The number of carbonyl (C=O) groups is 2. The molecule has 22 heavy (non-hydrogen) atoms. The first kappa shape index (κ1) is 16.3. The number of ether oxygens (including phenoxy) is 2. The van der Waals surface area contributed by atoms with E-state index in [1.807, 2.05) is 30.3 Å². The van der Waals surface area contributed by atoms with Crippen molar-refractivity contribution in [3.05, 3.63) is 35.9 Å². The lowest BCUT2D eigenvalue weighted by Gasteiger charge is -2.31. The maximum absolute atomic E-state index is 11.9. The Kier molecular flexibility index (Phi) is 6.25. The van der Waals surface area contributed by atoms with E-state index >= 15 is 0 Å². The van der Waals surface area contributed by atoms with Crippen LogP contribution in [0.25, 0.3) is 0 Å². The Morgan fingerprint density at radius 1 is 1.14 bits per heavy atom. The topological polar surface area (TPSA) is 64.6 Å². The first-order valence-electron chi connectivity index (χ1n) is 7.75. The number of hydrogen-bond acceptors (Lipinski definition) is 4. The average molecular weight is 305 g/mol. The third-order valence-electron chi connectivity index (χ3n) is 3.93. The normalized spacial score (nSPS) is 21.0. The van der Waals surface area contributed by atoms with Gasteiger partial charge >= 0.3 is 12.1 Å². The van der Waals surface area contributed by atoms with Crippen molar-refractivity contribution in [1.82, 2.24) is 5.32 Å². The van der Waals surface area contributed by atoms with Gasteiger partial charge in [-0.2, -0.15) is 0 Å². The van der Waals surface area contributed by atoms with E-state index in [0.717, 1.165) is 31.2 Å². The lowest BCUT2D eigenvalue weighted by molar-refractivity contribution is -0.142. The summed E-state index contributed by atoms with van der Waals surface area (Å²) in [5.41, 5.74) is 0.956. The van der Waals surface area contributed by atoms with Crippen LogP contribution >= 0.6 is 0 Å². The van der Waals surface area contributed by atoms with Crippen LogP contribution in [0.5, 0.6) is 0 Å². The van der Waals surface area contributed by atoms with E-state index in [1.54, 1.807) is 0 Å². The van der Waals surface area contributed by atoms with Gasteiger partial charge in [0.25, 0.3) is 0 Å². The van der Waals surface area contributed by atoms with Crippen LogP contribution in [0.2, 0.25) is 0 Å². The number of benzene rings is 1. The molecule has 2 rings (SSSR count). The van der Waals surface area contributed by atoms with Gasteiger partial charge in [0.05, 0.1) is 6.61 Å². The van der Waals surface area contributed by atoms with E-state index in [9.17, 15) is 9.59 Å². The number of amides is 1. The van der Waals surface area contributed by atoms with Crippen LogP contribution in [0.4, 0.5) is 4.79 Å². The first-order chi connectivity index (χ1) is 10.6. The molecule has 0 aliphatic heterocycles. The molecule has 1 fully saturated rings. The molecule has 0 heterocycles. The molecule has 1 aromatic rings. The highest BCUT2D eigenvalue weighted by Gasteiger charge is 2.27. The van der Waals surface area contributed by atoms with E-state index in [-0.39, 0.29) is 24.5 Å². The fourth-order valence-corrected chi connectivity index (χ4v) is 2.74. The fourth-order valence-electron chi connectivity index (χ4n) is 2.74. The van der Waals surface area contributed by atoms with Gasteiger partial charge in [0.1, 0.15) is 6.61 Å². The molecule has 5 nitrogen and oxygen atoms in total. The molecule has 0 bridgehead atoms. The predicted molar refractivity (Wildman–Crippen MR) is 82.1 cm³/mol. The molecule has 120 valence electrons. The van der Waals surface area contributed by atoms with Crippen molar-refractivity contribution in [2.75, 3.05) is 6.61 Å². The predicted octanol–water partition coefficient (Wildman–Crippen LogP) is 3.03. The quantitative estimate of drug-likeness (QED) is 0.849. The summed E-state index contributed by atoms with van der Waals surface area (Å²) >= 11 is 0. The van der Waals surface area contributed by atoms with Gasteiger partial charge in [0, 0.05) is 18.9 Å². The SMILES string of the molecule is CC(=O)OC[C@H]1CCCC[C@H]1NC(=O)OCc1ccccc1. The fraction of sp³-hybridized carbons (Fsp3) is 0.529. The summed E-state index contributed by atoms with van der Waals surface area (Å²) in [7, 11) is 0. The molecule has 5 heteroatoms. The highest BCUT2D eigenvalue weighted by molar-refractivity contribution is 5.67. The van der Waals surface area contributed by atoms with Crippen molar-refractivity contribution < 1.29 is 19.1 Å². The minimum atomic E-state index is -0.413. The van der Waals surface area contributed by atoms with Gasteiger partial charge in [0.15, 0.2) is 0 Å². The molecular formula is C17H23NO4. The third kappa shape index (κ3) is 5.39. The van der Waals surface area contributed by atoms with Gasteiger partial charge in [-0.1, -0.05) is 43.2 Å². The summed E-state index contributed by atoms with van der Waals surface area (Å²) in [6.45, 7) is 2.02. The molecule has 1 aliphatic carbocycles. The molecule has 0 aromatic heterocycles. The summed E-state index contributed by atoms with van der Waals surface area (Å²) < 4.78 is 10.3. The van der Waals surface area contributed by atoms with Gasteiger partial charge in [-0.25, -0.2) is 4.79 Å². The standard InChI is InChI=1S/C17H23NO4/c1-13(19)21-12-15-9-5-6-10-16(15)18-17(20)22-11-14-7-3-2-4-8-14/h2-4,7-8,15-16H,5-6,9-12H2,1H3,(H,18,20)/t15-,16-/m1/s1. The third-order valence-corrected chi connectivity index (χ3v) is 3.93. The van der Waals surface area contributed by atoms with Crippen LogP contribution in [-0.4, -0.2) is 24.7 Å².